The molecule has 4 nitrogen and oxygen atoms in total. The lowest BCUT2D eigenvalue weighted by Crippen LogP contribution is -2.31. The van der Waals surface area contributed by atoms with Crippen molar-refractivity contribution < 1.29 is 9.47 Å². The Morgan fingerprint density at radius 1 is 1.44 bits per heavy atom. The maximum absolute atomic E-state index is 6.20. The lowest BCUT2D eigenvalue weighted by Gasteiger charge is -2.23. The van der Waals surface area contributed by atoms with E-state index in [0.29, 0.717) is 5.92 Å². The van der Waals surface area contributed by atoms with Crippen molar-refractivity contribution >= 4 is 0 Å². The van der Waals surface area contributed by atoms with Crippen molar-refractivity contribution in [3.8, 4) is 5.75 Å². The summed E-state index contributed by atoms with van der Waals surface area (Å²) < 4.78 is 10.7. The number of nitrogens with two attached hydrogens (primary N) is 1. The van der Waals surface area contributed by atoms with Crippen LogP contribution in [-0.4, -0.2) is 25.3 Å². The Bertz CT molecular complexity index is 353. The number of rotatable bonds is 5. The van der Waals surface area contributed by atoms with E-state index in [2.05, 4.69) is 4.98 Å². The van der Waals surface area contributed by atoms with E-state index in [4.69, 9.17) is 15.2 Å². The molecule has 1 aromatic rings. The molecule has 1 aliphatic rings. The van der Waals surface area contributed by atoms with Crippen LogP contribution in [0.1, 0.15) is 24.6 Å². The normalized spacial score (nSPS) is 19.2. The molecule has 2 atom stereocenters. The SMILES string of the molecule is COc1cccnc1C(N)C(OC)C1CC1. The molecule has 1 saturated carbocycles. The van der Waals surface area contributed by atoms with Crippen LogP contribution < -0.4 is 10.5 Å². The van der Waals surface area contributed by atoms with Gasteiger partial charge in [-0.15, -0.1) is 0 Å². The second-order valence-electron chi connectivity index (χ2n) is 4.15. The summed E-state index contributed by atoms with van der Waals surface area (Å²) in [5.41, 5.74) is 6.98. The van der Waals surface area contributed by atoms with Crippen molar-refractivity contribution in [1.82, 2.24) is 4.98 Å². The number of ether oxygens (including phenoxy) is 2. The van der Waals surface area contributed by atoms with Crippen molar-refractivity contribution in [1.29, 1.82) is 0 Å². The smallest absolute Gasteiger partial charge is 0.142 e. The van der Waals surface area contributed by atoms with Crippen LogP contribution in [0.3, 0.4) is 0 Å². The lowest BCUT2D eigenvalue weighted by atomic mass is 10.0. The fourth-order valence-corrected chi connectivity index (χ4v) is 2.04. The highest BCUT2D eigenvalue weighted by Gasteiger charge is 2.37. The zero-order valence-electron chi connectivity index (χ0n) is 9.72. The van der Waals surface area contributed by atoms with Crippen LogP contribution in [0.4, 0.5) is 0 Å². The molecule has 1 heterocycles. The molecule has 1 aliphatic carbocycles. The van der Waals surface area contributed by atoms with Crippen molar-refractivity contribution in [3.05, 3.63) is 24.0 Å². The minimum Gasteiger partial charge on any atom is -0.495 e. The minimum atomic E-state index is -0.214. The molecule has 2 rings (SSSR count). The molecule has 0 spiro atoms. The van der Waals surface area contributed by atoms with E-state index in [1.165, 1.54) is 12.8 Å². The Morgan fingerprint density at radius 3 is 2.75 bits per heavy atom. The second-order valence-corrected chi connectivity index (χ2v) is 4.15. The van der Waals surface area contributed by atoms with Crippen LogP contribution in [0.2, 0.25) is 0 Å². The van der Waals surface area contributed by atoms with Gasteiger partial charge in [-0.1, -0.05) is 0 Å². The summed E-state index contributed by atoms with van der Waals surface area (Å²) in [5.74, 6) is 1.31. The van der Waals surface area contributed by atoms with Crippen molar-refractivity contribution in [2.24, 2.45) is 11.7 Å². The zero-order chi connectivity index (χ0) is 11.5. The van der Waals surface area contributed by atoms with Crippen molar-refractivity contribution in [2.45, 2.75) is 25.0 Å². The molecule has 16 heavy (non-hydrogen) atoms. The first-order valence-corrected chi connectivity index (χ1v) is 5.55. The third-order valence-corrected chi connectivity index (χ3v) is 3.05. The Balaban J connectivity index is 2.20. The van der Waals surface area contributed by atoms with E-state index >= 15 is 0 Å². The highest BCUT2D eigenvalue weighted by atomic mass is 16.5. The van der Waals surface area contributed by atoms with Gasteiger partial charge in [0.05, 0.1) is 19.3 Å². The van der Waals surface area contributed by atoms with Crippen LogP contribution in [0.25, 0.3) is 0 Å². The quantitative estimate of drug-likeness (QED) is 0.820. The Morgan fingerprint density at radius 2 is 2.19 bits per heavy atom. The first-order chi connectivity index (χ1) is 7.77. The van der Waals surface area contributed by atoms with Crippen LogP contribution in [0.15, 0.2) is 18.3 Å². The number of aromatic nitrogens is 1. The molecule has 0 aromatic carbocycles. The fraction of sp³-hybridized carbons (Fsp3) is 0.583. The van der Waals surface area contributed by atoms with E-state index in [-0.39, 0.29) is 12.1 Å². The van der Waals surface area contributed by atoms with Gasteiger partial charge in [-0.3, -0.25) is 4.98 Å². The molecular weight excluding hydrogens is 204 g/mol. The van der Waals surface area contributed by atoms with Gasteiger partial charge in [-0.2, -0.15) is 0 Å². The third-order valence-electron chi connectivity index (χ3n) is 3.05. The van der Waals surface area contributed by atoms with Gasteiger partial charge in [0, 0.05) is 13.3 Å². The molecule has 1 fully saturated rings. The molecule has 0 amide bonds. The molecule has 88 valence electrons. The topological polar surface area (TPSA) is 57.4 Å². The Labute approximate surface area is 95.8 Å². The van der Waals surface area contributed by atoms with E-state index in [1.807, 2.05) is 12.1 Å². The van der Waals surface area contributed by atoms with Crippen LogP contribution >= 0.6 is 0 Å². The van der Waals surface area contributed by atoms with Gasteiger partial charge in [-0.05, 0) is 30.9 Å². The van der Waals surface area contributed by atoms with Crippen LogP contribution in [0.5, 0.6) is 5.75 Å². The maximum atomic E-state index is 6.20. The van der Waals surface area contributed by atoms with Gasteiger partial charge in [0.15, 0.2) is 0 Å². The Kier molecular flexibility index (Phi) is 3.41. The van der Waals surface area contributed by atoms with Crippen LogP contribution in [0, 0.1) is 5.92 Å². The summed E-state index contributed by atoms with van der Waals surface area (Å²) >= 11 is 0. The number of pyridine rings is 1. The minimum absolute atomic E-state index is 0.0452. The average molecular weight is 222 g/mol. The third kappa shape index (κ3) is 2.18. The van der Waals surface area contributed by atoms with E-state index in [0.717, 1.165) is 11.4 Å². The zero-order valence-corrected chi connectivity index (χ0v) is 9.72. The van der Waals surface area contributed by atoms with Crippen LogP contribution in [-0.2, 0) is 4.74 Å². The highest BCUT2D eigenvalue weighted by Crippen LogP contribution is 2.39. The molecule has 0 aliphatic heterocycles. The summed E-state index contributed by atoms with van der Waals surface area (Å²) in [7, 11) is 3.34. The molecule has 0 saturated heterocycles. The number of hydrogen-bond donors (Lipinski definition) is 1. The first-order valence-electron chi connectivity index (χ1n) is 5.55. The van der Waals surface area contributed by atoms with E-state index in [1.54, 1.807) is 20.4 Å². The summed E-state index contributed by atoms with van der Waals surface area (Å²) in [5, 5.41) is 0. The summed E-state index contributed by atoms with van der Waals surface area (Å²) in [6, 6.07) is 3.50. The summed E-state index contributed by atoms with van der Waals surface area (Å²) in [4.78, 5) is 4.30. The largest absolute Gasteiger partial charge is 0.495 e. The number of methoxy groups -OCH3 is 2. The van der Waals surface area contributed by atoms with Crippen molar-refractivity contribution in [3.63, 3.8) is 0 Å². The summed E-state index contributed by atoms with van der Waals surface area (Å²) in [6.07, 6.45) is 4.17. The fourth-order valence-electron chi connectivity index (χ4n) is 2.04. The average Bonchev–Trinajstić information content (AvgIpc) is 3.14. The maximum Gasteiger partial charge on any atom is 0.142 e. The second kappa shape index (κ2) is 4.80. The van der Waals surface area contributed by atoms with E-state index < -0.39 is 0 Å². The highest BCUT2D eigenvalue weighted by molar-refractivity contribution is 5.30. The molecular formula is C12H18N2O2. The molecule has 2 N–H and O–H groups in total. The van der Waals surface area contributed by atoms with Crippen molar-refractivity contribution in [2.75, 3.05) is 14.2 Å². The Hall–Kier alpha value is -1.13. The predicted molar refractivity (Wildman–Crippen MR) is 61.2 cm³/mol. The molecule has 2 unspecified atom stereocenters. The molecule has 0 radical (unpaired) electrons. The lowest BCUT2D eigenvalue weighted by molar-refractivity contribution is 0.0605. The van der Waals surface area contributed by atoms with Gasteiger partial charge in [-0.25, -0.2) is 0 Å². The van der Waals surface area contributed by atoms with Gasteiger partial charge < -0.3 is 15.2 Å². The van der Waals surface area contributed by atoms with Gasteiger partial charge in [0.1, 0.15) is 11.4 Å². The predicted octanol–water partition coefficient (Wildman–Crippen LogP) is 1.51. The molecule has 0 bridgehead atoms. The summed E-state index contributed by atoms with van der Waals surface area (Å²) in [6.45, 7) is 0. The molecule has 4 heteroatoms. The van der Waals surface area contributed by atoms with Gasteiger partial charge >= 0.3 is 0 Å². The van der Waals surface area contributed by atoms with Gasteiger partial charge in [0.2, 0.25) is 0 Å². The van der Waals surface area contributed by atoms with E-state index in [9.17, 15) is 0 Å². The number of hydrogen-bond acceptors (Lipinski definition) is 4. The standard InChI is InChI=1S/C12H18N2O2/c1-15-9-4-3-7-14-11(9)10(13)12(16-2)8-5-6-8/h3-4,7-8,10,12H,5-6,13H2,1-2H3. The van der Waals surface area contributed by atoms with Gasteiger partial charge in [0.25, 0.3) is 0 Å². The molecule has 1 aromatic heterocycles. The first kappa shape index (κ1) is 11.4. The number of nitrogens with zero attached hydrogens (tertiary/aromatic N) is 1. The monoisotopic (exact) mass is 222 g/mol.